The molecule has 2 atom stereocenters. The molecule has 2 rings (SSSR count). The van der Waals surface area contributed by atoms with Crippen LogP contribution in [-0.4, -0.2) is 40.5 Å². The van der Waals surface area contributed by atoms with Gasteiger partial charge < -0.3 is 9.64 Å². The van der Waals surface area contributed by atoms with E-state index in [0.29, 0.717) is 0 Å². The quantitative estimate of drug-likeness (QED) is 0.745. The topological polar surface area (TPSA) is 59.5 Å². The Balaban J connectivity index is 2.01. The maximum atomic E-state index is 12.3. The van der Waals surface area contributed by atoms with E-state index in [9.17, 15) is 9.59 Å². The number of ether oxygens (including phenoxy) is 1. The Morgan fingerprint density at radius 2 is 1.83 bits per heavy atom. The SMILES string of the molecule is CC1CCCC(C)N1C(=O)COC(=O)c1ncc(Cl)c(Cl)c1Cl. The van der Waals surface area contributed by atoms with Crippen molar-refractivity contribution < 1.29 is 14.3 Å². The van der Waals surface area contributed by atoms with Crippen molar-refractivity contribution in [2.45, 2.75) is 45.2 Å². The molecule has 126 valence electrons. The highest BCUT2D eigenvalue weighted by atomic mass is 35.5. The zero-order valence-electron chi connectivity index (χ0n) is 12.8. The highest BCUT2D eigenvalue weighted by Gasteiger charge is 2.30. The fourth-order valence-electron chi connectivity index (χ4n) is 2.77. The van der Waals surface area contributed by atoms with Crippen LogP contribution in [0.2, 0.25) is 15.1 Å². The molecule has 1 aromatic heterocycles. The van der Waals surface area contributed by atoms with Crippen LogP contribution in [-0.2, 0) is 9.53 Å². The molecule has 0 N–H and O–H groups in total. The molecule has 23 heavy (non-hydrogen) atoms. The fourth-order valence-corrected chi connectivity index (χ4v) is 3.33. The Morgan fingerprint density at radius 1 is 1.22 bits per heavy atom. The summed E-state index contributed by atoms with van der Waals surface area (Å²) >= 11 is 17.6. The molecule has 0 aliphatic carbocycles. The van der Waals surface area contributed by atoms with Gasteiger partial charge in [-0.15, -0.1) is 0 Å². The van der Waals surface area contributed by atoms with Gasteiger partial charge in [0.1, 0.15) is 0 Å². The first-order chi connectivity index (χ1) is 10.8. The Kier molecular flexibility index (Phi) is 6.12. The smallest absolute Gasteiger partial charge is 0.359 e. The van der Waals surface area contributed by atoms with Gasteiger partial charge in [0, 0.05) is 18.3 Å². The summed E-state index contributed by atoms with van der Waals surface area (Å²) in [6, 6.07) is 0.272. The minimum Gasteiger partial charge on any atom is -0.451 e. The fraction of sp³-hybridized carbons (Fsp3) is 0.533. The normalized spacial score (nSPS) is 21.2. The first-order valence-electron chi connectivity index (χ1n) is 7.30. The molecule has 1 saturated heterocycles. The zero-order valence-corrected chi connectivity index (χ0v) is 15.1. The molecule has 2 heterocycles. The first-order valence-corrected chi connectivity index (χ1v) is 8.44. The van der Waals surface area contributed by atoms with Crippen LogP contribution < -0.4 is 0 Å². The van der Waals surface area contributed by atoms with Crippen molar-refractivity contribution in [2.24, 2.45) is 0 Å². The lowest BCUT2D eigenvalue weighted by Gasteiger charge is -2.38. The number of likely N-dealkylation sites (tertiary alicyclic amines) is 1. The van der Waals surface area contributed by atoms with Crippen molar-refractivity contribution in [3.8, 4) is 0 Å². The van der Waals surface area contributed by atoms with Gasteiger partial charge >= 0.3 is 5.97 Å². The third-order valence-corrected chi connectivity index (χ3v) is 5.16. The lowest BCUT2D eigenvalue weighted by atomic mass is 9.97. The summed E-state index contributed by atoms with van der Waals surface area (Å²) in [5.74, 6) is -1.03. The largest absolute Gasteiger partial charge is 0.451 e. The van der Waals surface area contributed by atoms with Crippen molar-refractivity contribution in [1.29, 1.82) is 0 Å². The van der Waals surface area contributed by atoms with E-state index in [1.807, 2.05) is 13.8 Å². The summed E-state index contributed by atoms with van der Waals surface area (Å²) in [7, 11) is 0. The molecule has 8 heteroatoms. The lowest BCUT2D eigenvalue weighted by molar-refractivity contribution is -0.140. The van der Waals surface area contributed by atoms with Crippen molar-refractivity contribution in [1.82, 2.24) is 9.88 Å². The monoisotopic (exact) mass is 378 g/mol. The summed E-state index contributed by atoms with van der Waals surface area (Å²) in [6.45, 7) is 3.63. The number of esters is 1. The van der Waals surface area contributed by atoms with E-state index in [0.717, 1.165) is 19.3 Å². The van der Waals surface area contributed by atoms with Crippen LogP contribution in [0.25, 0.3) is 0 Å². The van der Waals surface area contributed by atoms with Crippen molar-refractivity contribution in [3.63, 3.8) is 0 Å². The van der Waals surface area contributed by atoms with Gasteiger partial charge in [-0.05, 0) is 33.1 Å². The van der Waals surface area contributed by atoms with E-state index in [4.69, 9.17) is 39.5 Å². The predicted molar refractivity (Wildman–Crippen MR) is 89.2 cm³/mol. The van der Waals surface area contributed by atoms with Crippen LogP contribution in [0.1, 0.15) is 43.6 Å². The second kappa shape index (κ2) is 7.69. The number of hydrogen-bond acceptors (Lipinski definition) is 4. The number of nitrogens with zero attached hydrogens (tertiary/aromatic N) is 2. The van der Waals surface area contributed by atoms with Crippen LogP contribution in [0, 0.1) is 0 Å². The number of rotatable bonds is 3. The lowest BCUT2D eigenvalue weighted by Crippen LogP contribution is -2.49. The molecule has 1 aromatic rings. The van der Waals surface area contributed by atoms with E-state index in [2.05, 4.69) is 4.98 Å². The molecule has 0 spiro atoms. The standard InChI is InChI=1S/C15H17Cl3N2O3/c1-8-4-3-5-9(2)20(8)11(21)7-23-15(22)14-13(18)12(17)10(16)6-19-14/h6,8-9H,3-5,7H2,1-2H3. The Bertz CT molecular complexity index is 614. The maximum absolute atomic E-state index is 12.3. The van der Waals surface area contributed by atoms with Crippen LogP contribution in [0.5, 0.6) is 0 Å². The Morgan fingerprint density at radius 3 is 2.43 bits per heavy atom. The average Bonchev–Trinajstić information content (AvgIpc) is 2.50. The second-order valence-electron chi connectivity index (χ2n) is 5.59. The van der Waals surface area contributed by atoms with Crippen LogP contribution in [0.15, 0.2) is 6.20 Å². The molecule has 0 bridgehead atoms. The van der Waals surface area contributed by atoms with E-state index >= 15 is 0 Å². The predicted octanol–water partition coefficient (Wildman–Crippen LogP) is 3.99. The van der Waals surface area contributed by atoms with Crippen molar-refractivity contribution in [3.05, 3.63) is 27.0 Å². The number of carbonyl (C=O) groups excluding carboxylic acids is 2. The van der Waals surface area contributed by atoms with Gasteiger partial charge in [0.25, 0.3) is 5.91 Å². The molecular weight excluding hydrogens is 363 g/mol. The van der Waals surface area contributed by atoms with Crippen LogP contribution >= 0.6 is 34.8 Å². The van der Waals surface area contributed by atoms with Crippen molar-refractivity contribution in [2.75, 3.05) is 6.61 Å². The molecule has 0 radical (unpaired) electrons. The molecule has 0 saturated carbocycles. The third-order valence-electron chi connectivity index (χ3n) is 3.92. The van der Waals surface area contributed by atoms with E-state index < -0.39 is 5.97 Å². The van der Waals surface area contributed by atoms with Gasteiger partial charge in [-0.25, -0.2) is 9.78 Å². The zero-order chi connectivity index (χ0) is 17.1. The van der Waals surface area contributed by atoms with Crippen LogP contribution in [0.3, 0.4) is 0 Å². The van der Waals surface area contributed by atoms with Gasteiger partial charge in [-0.3, -0.25) is 4.79 Å². The number of pyridine rings is 1. The number of amides is 1. The molecule has 1 aliphatic heterocycles. The summed E-state index contributed by atoms with van der Waals surface area (Å²) in [6.07, 6.45) is 4.20. The molecule has 2 unspecified atom stereocenters. The average molecular weight is 380 g/mol. The number of halogens is 3. The van der Waals surface area contributed by atoms with E-state index in [1.54, 1.807) is 4.90 Å². The number of piperidine rings is 1. The maximum Gasteiger partial charge on any atom is 0.359 e. The number of hydrogen-bond donors (Lipinski definition) is 0. The molecule has 1 amide bonds. The third kappa shape index (κ3) is 4.08. The van der Waals surface area contributed by atoms with Crippen LogP contribution in [0.4, 0.5) is 0 Å². The van der Waals surface area contributed by atoms with Crippen molar-refractivity contribution >= 4 is 46.7 Å². The molecule has 5 nitrogen and oxygen atoms in total. The minimum absolute atomic E-state index is 0.0277. The van der Waals surface area contributed by atoms with E-state index in [1.165, 1.54) is 6.20 Å². The number of aromatic nitrogens is 1. The molecule has 0 aromatic carbocycles. The first kappa shape index (κ1) is 18.3. The van der Waals surface area contributed by atoms with Gasteiger partial charge in [0.2, 0.25) is 0 Å². The highest BCUT2D eigenvalue weighted by molar-refractivity contribution is 6.48. The Labute approximate surface area is 149 Å². The Hall–Kier alpha value is -1.04. The van der Waals surface area contributed by atoms with Gasteiger partial charge in [0.05, 0.1) is 15.1 Å². The summed E-state index contributed by atoms with van der Waals surface area (Å²) < 4.78 is 5.04. The van der Waals surface area contributed by atoms with Gasteiger partial charge in [-0.1, -0.05) is 34.8 Å². The number of carbonyl (C=O) groups is 2. The summed E-state index contributed by atoms with van der Waals surface area (Å²) in [4.78, 5) is 29.9. The van der Waals surface area contributed by atoms with E-state index in [-0.39, 0.29) is 45.4 Å². The molecule has 1 fully saturated rings. The van der Waals surface area contributed by atoms with Gasteiger partial charge in [-0.2, -0.15) is 0 Å². The summed E-state index contributed by atoms with van der Waals surface area (Å²) in [5.41, 5.74) is -0.159. The molecular formula is C15H17Cl3N2O3. The molecule has 1 aliphatic rings. The van der Waals surface area contributed by atoms with Gasteiger partial charge in [0.15, 0.2) is 12.3 Å². The highest BCUT2D eigenvalue weighted by Crippen LogP contribution is 2.31. The minimum atomic E-state index is -0.806. The second-order valence-corrected chi connectivity index (χ2v) is 6.75. The summed E-state index contributed by atoms with van der Waals surface area (Å²) in [5, 5.41) is 0.0801.